The fourth-order valence-corrected chi connectivity index (χ4v) is 3.74. The number of nitrogens with zero attached hydrogens (tertiary/aromatic N) is 2. The van der Waals surface area contributed by atoms with Crippen LogP contribution in [0.15, 0.2) is 71.0 Å². The Bertz CT molecular complexity index is 1240. The maximum atomic E-state index is 12.3. The first-order valence-corrected chi connectivity index (χ1v) is 11.1. The number of hydrogen-bond donors (Lipinski definition) is 3. The molecule has 2 aliphatic rings. The number of aromatic nitrogens is 2. The van der Waals surface area contributed by atoms with Crippen LogP contribution in [0.25, 0.3) is 10.9 Å². The van der Waals surface area contributed by atoms with Crippen molar-refractivity contribution < 1.29 is 19.1 Å². The fraction of sp³-hybridized carbons (Fsp3) is 0.250. The van der Waals surface area contributed by atoms with Crippen LogP contribution in [-0.2, 0) is 14.3 Å². The van der Waals surface area contributed by atoms with Crippen molar-refractivity contribution in [2.24, 2.45) is 0 Å². The van der Waals surface area contributed by atoms with Crippen molar-refractivity contribution in [1.82, 2.24) is 20.6 Å². The molecule has 4 rings (SSSR count). The third kappa shape index (κ3) is 5.55. The van der Waals surface area contributed by atoms with E-state index in [9.17, 15) is 9.59 Å². The number of halogens is 1. The van der Waals surface area contributed by atoms with Gasteiger partial charge in [0.25, 0.3) is 0 Å². The second-order valence-electron chi connectivity index (χ2n) is 7.51. The van der Waals surface area contributed by atoms with E-state index in [0.29, 0.717) is 59.5 Å². The van der Waals surface area contributed by atoms with Crippen LogP contribution < -0.4 is 20.7 Å². The van der Waals surface area contributed by atoms with Gasteiger partial charge in [-0.1, -0.05) is 23.8 Å². The van der Waals surface area contributed by atoms with Crippen LogP contribution in [0.4, 0.5) is 5.82 Å². The summed E-state index contributed by atoms with van der Waals surface area (Å²) in [6.07, 6.45) is 9.03. The van der Waals surface area contributed by atoms with Crippen LogP contribution in [0.2, 0.25) is 0 Å². The first kappa shape index (κ1) is 23.3. The quantitative estimate of drug-likeness (QED) is 0.572. The number of methoxy groups -OCH3 is 1. The van der Waals surface area contributed by atoms with E-state index in [-0.39, 0.29) is 18.4 Å². The minimum absolute atomic E-state index is 0.118. The van der Waals surface area contributed by atoms with E-state index in [0.717, 1.165) is 10.9 Å². The lowest BCUT2D eigenvalue weighted by molar-refractivity contribution is -0.121. The number of rotatable bonds is 1. The summed E-state index contributed by atoms with van der Waals surface area (Å²) in [6, 6.07) is 5.51. The van der Waals surface area contributed by atoms with Gasteiger partial charge < -0.3 is 25.4 Å². The van der Waals surface area contributed by atoms with Crippen LogP contribution in [-0.4, -0.2) is 42.0 Å². The number of hydrogen-bond acceptors (Lipinski definition) is 7. The van der Waals surface area contributed by atoms with Crippen molar-refractivity contribution in [3.05, 3.63) is 71.0 Å². The smallest absolute Gasteiger partial charge is 0.247 e. The van der Waals surface area contributed by atoms with Crippen LogP contribution >= 0.6 is 11.6 Å². The van der Waals surface area contributed by atoms with Gasteiger partial charge in [-0.25, -0.2) is 9.97 Å². The number of ether oxygens (including phenoxy) is 2. The molecule has 2 heterocycles. The van der Waals surface area contributed by atoms with E-state index in [1.54, 1.807) is 19.3 Å². The Morgan fingerprint density at radius 3 is 2.94 bits per heavy atom. The average molecular weight is 482 g/mol. The molecule has 0 fully saturated rings. The second kappa shape index (κ2) is 10.8. The van der Waals surface area contributed by atoms with Gasteiger partial charge in [-0.3, -0.25) is 9.59 Å². The van der Waals surface area contributed by atoms with Gasteiger partial charge in [0.15, 0.2) is 0 Å². The number of amides is 2. The lowest BCUT2D eigenvalue weighted by atomic mass is 10.0. The zero-order chi connectivity index (χ0) is 23.9. The highest BCUT2D eigenvalue weighted by Gasteiger charge is 2.22. The highest BCUT2D eigenvalue weighted by molar-refractivity contribution is 6.32. The molecule has 176 valence electrons. The third-order valence-electron chi connectivity index (χ3n) is 5.23. The van der Waals surface area contributed by atoms with Crippen LogP contribution in [0.1, 0.15) is 19.3 Å². The molecule has 9 nitrogen and oxygen atoms in total. The number of carbonyl (C=O) groups is 2. The Morgan fingerprint density at radius 1 is 1.21 bits per heavy atom. The molecule has 10 heteroatoms. The number of fused-ring (bicyclic) bond motifs is 2. The van der Waals surface area contributed by atoms with Crippen LogP contribution in [0.5, 0.6) is 5.75 Å². The first-order valence-electron chi connectivity index (χ1n) is 10.8. The predicted octanol–water partition coefficient (Wildman–Crippen LogP) is 3.27. The molecule has 1 aromatic carbocycles. The van der Waals surface area contributed by atoms with Crippen molar-refractivity contribution in [2.45, 2.75) is 19.3 Å². The van der Waals surface area contributed by atoms with Gasteiger partial charge in [0.2, 0.25) is 11.8 Å². The summed E-state index contributed by atoms with van der Waals surface area (Å²) < 4.78 is 11.4. The Kier molecular flexibility index (Phi) is 7.44. The molecule has 0 atom stereocenters. The largest absolute Gasteiger partial charge is 0.499 e. The normalized spacial score (nSPS) is 18.6. The maximum Gasteiger partial charge on any atom is 0.247 e. The SMILES string of the molecule is COC1=C2Nc3ncnc4ccc(cc34)OCCCC(=O)NC/C=C\C(=O)NC=C2C(Cl)=CC1. The minimum atomic E-state index is -0.362. The van der Waals surface area contributed by atoms with Crippen molar-refractivity contribution in [1.29, 1.82) is 0 Å². The number of anilines is 1. The third-order valence-corrected chi connectivity index (χ3v) is 5.59. The van der Waals surface area contributed by atoms with Crippen molar-refractivity contribution in [3.63, 3.8) is 0 Å². The summed E-state index contributed by atoms with van der Waals surface area (Å²) in [5.41, 5.74) is 1.84. The summed E-state index contributed by atoms with van der Waals surface area (Å²) in [5.74, 6) is 1.32. The van der Waals surface area contributed by atoms with Crippen molar-refractivity contribution >= 4 is 40.1 Å². The average Bonchev–Trinajstić information content (AvgIpc) is 2.84. The first-order chi connectivity index (χ1) is 16.5. The fourth-order valence-electron chi connectivity index (χ4n) is 3.51. The number of nitrogens with one attached hydrogen (secondary N) is 3. The maximum absolute atomic E-state index is 12.3. The lowest BCUT2D eigenvalue weighted by Crippen LogP contribution is -2.24. The van der Waals surface area contributed by atoms with E-state index in [1.807, 2.05) is 18.2 Å². The van der Waals surface area contributed by atoms with Gasteiger partial charge in [0.1, 0.15) is 23.7 Å². The minimum Gasteiger partial charge on any atom is -0.499 e. The molecular formula is C24H24ClN5O4. The zero-order valence-corrected chi connectivity index (χ0v) is 19.3. The molecule has 1 aliphatic heterocycles. The highest BCUT2D eigenvalue weighted by Crippen LogP contribution is 2.34. The summed E-state index contributed by atoms with van der Waals surface area (Å²) in [6.45, 7) is 0.620. The number of allylic oxidation sites excluding steroid dienone is 2. The molecule has 0 saturated carbocycles. The lowest BCUT2D eigenvalue weighted by Gasteiger charge is -2.22. The van der Waals surface area contributed by atoms with Crippen LogP contribution in [0.3, 0.4) is 0 Å². The molecule has 0 radical (unpaired) electrons. The Hall–Kier alpha value is -3.85. The second-order valence-corrected chi connectivity index (χ2v) is 7.92. The topological polar surface area (TPSA) is 114 Å². The monoisotopic (exact) mass is 481 g/mol. The Labute approximate surface area is 201 Å². The van der Waals surface area contributed by atoms with Gasteiger partial charge in [0.05, 0.1) is 24.9 Å². The van der Waals surface area contributed by atoms with E-state index < -0.39 is 0 Å². The van der Waals surface area contributed by atoms with Gasteiger partial charge in [-0.2, -0.15) is 0 Å². The Balaban J connectivity index is 1.75. The zero-order valence-electron chi connectivity index (χ0n) is 18.6. The molecule has 2 bridgehead atoms. The Morgan fingerprint density at radius 2 is 2.09 bits per heavy atom. The highest BCUT2D eigenvalue weighted by atomic mass is 35.5. The van der Waals surface area contributed by atoms with E-state index >= 15 is 0 Å². The van der Waals surface area contributed by atoms with Gasteiger partial charge in [-0.15, -0.1) is 0 Å². The number of benzene rings is 1. The summed E-state index contributed by atoms with van der Waals surface area (Å²) in [4.78, 5) is 33.0. The van der Waals surface area contributed by atoms with E-state index in [1.165, 1.54) is 18.6 Å². The molecule has 0 spiro atoms. The van der Waals surface area contributed by atoms with E-state index in [2.05, 4.69) is 25.9 Å². The molecule has 34 heavy (non-hydrogen) atoms. The molecule has 0 saturated heterocycles. The predicted molar refractivity (Wildman–Crippen MR) is 129 cm³/mol. The van der Waals surface area contributed by atoms with Crippen LogP contribution in [0, 0.1) is 0 Å². The molecule has 3 N–H and O–H groups in total. The molecular weight excluding hydrogens is 458 g/mol. The van der Waals surface area contributed by atoms with E-state index in [4.69, 9.17) is 21.1 Å². The van der Waals surface area contributed by atoms with Gasteiger partial charge >= 0.3 is 0 Å². The van der Waals surface area contributed by atoms with Crippen molar-refractivity contribution in [3.8, 4) is 5.75 Å². The standard InChI is InChI=1S/C24H24ClN5O4/c1-33-20-9-7-18(25)17-13-27-22(32)4-2-10-26-21(31)5-3-11-34-15-6-8-19-16(12-15)24(29-14-28-19)30-23(17)20/h2,4,6-8,12-14H,3,5,9-11H2,1H3,(H,26,31)(H,27,32)(H,28,29,30)/b4-2-,17-13?. The van der Waals surface area contributed by atoms with Gasteiger partial charge in [0, 0.05) is 47.7 Å². The molecule has 2 amide bonds. The number of carbonyl (C=O) groups excluding carboxylic acids is 2. The summed E-state index contributed by atoms with van der Waals surface area (Å²) in [5, 5.41) is 9.95. The summed E-state index contributed by atoms with van der Waals surface area (Å²) >= 11 is 6.50. The van der Waals surface area contributed by atoms with Gasteiger partial charge in [-0.05, 0) is 24.6 Å². The molecule has 0 unspecified atom stereocenters. The molecule has 1 aromatic heterocycles. The van der Waals surface area contributed by atoms with Crippen molar-refractivity contribution in [2.75, 3.05) is 25.6 Å². The molecule has 1 aliphatic carbocycles. The molecule has 2 aromatic rings. The summed E-state index contributed by atoms with van der Waals surface area (Å²) in [7, 11) is 1.57.